The summed E-state index contributed by atoms with van der Waals surface area (Å²) in [7, 11) is 0. The first-order valence-electron chi connectivity index (χ1n) is 19.0. The van der Waals surface area contributed by atoms with Crippen LogP contribution in [0.2, 0.25) is 0 Å². The SMILES string of the molecule is CC1(C)c2ccccc2Oc2cc(N(c3cccc(C4(c5ccccc5)c5ccccc5-c5ccccc54)c3)c3ccc4sc5ccccc5c4c3)ccc21. The van der Waals surface area contributed by atoms with Gasteiger partial charge in [0.25, 0.3) is 0 Å². The lowest BCUT2D eigenvalue weighted by Gasteiger charge is -2.36. The second-order valence-electron chi connectivity index (χ2n) is 15.3. The largest absolute Gasteiger partial charge is 0.457 e. The van der Waals surface area contributed by atoms with Crippen molar-refractivity contribution in [2.75, 3.05) is 4.90 Å². The maximum atomic E-state index is 6.72. The molecule has 0 fully saturated rings. The lowest BCUT2D eigenvalue weighted by molar-refractivity contribution is 0.418. The molecule has 0 N–H and O–H groups in total. The Morgan fingerprint density at radius 3 is 1.80 bits per heavy atom. The summed E-state index contributed by atoms with van der Waals surface area (Å²) in [4.78, 5) is 2.41. The van der Waals surface area contributed by atoms with Crippen molar-refractivity contribution in [3.63, 3.8) is 0 Å². The third-order valence-electron chi connectivity index (χ3n) is 12.0. The molecule has 0 bridgehead atoms. The number of rotatable bonds is 5. The molecule has 1 aliphatic carbocycles. The summed E-state index contributed by atoms with van der Waals surface area (Å²) in [6, 6.07) is 69.1. The summed E-state index contributed by atoms with van der Waals surface area (Å²) in [5, 5.41) is 2.55. The van der Waals surface area contributed by atoms with E-state index in [1.807, 2.05) is 11.3 Å². The van der Waals surface area contributed by atoms with Gasteiger partial charge in [-0.25, -0.2) is 0 Å². The summed E-state index contributed by atoms with van der Waals surface area (Å²) in [5.41, 5.74) is 12.6. The topological polar surface area (TPSA) is 12.5 Å². The van der Waals surface area contributed by atoms with Gasteiger partial charge >= 0.3 is 0 Å². The highest BCUT2D eigenvalue weighted by Gasteiger charge is 2.46. The lowest BCUT2D eigenvalue weighted by atomic mass is 9.67. The molecule has 2 aliphatic rings. The molecule has 2 heterocycles. The molecule has 11 rings (SSSR count). The average molecular weight is 724 g/mol. The number of para-hydroxylation sites is 1. The lowest BCUT2D eigenvalue weighted by Crippen LogP contribution is -2.28. The molecule has 0 amide bonds. The molecule has 0 saturated heterocycles. The van der Waals surface area contributed by atoms with Crippen molar-refractivity contribution < 1.29 is 4.74 Å². The van der Waals surface area contributed by atoms with Gasteiger partial charge in [-0.1, -0.05) is 147 Å². The van der Waals surface area contributed by atoms with Crippen LogP contribution in [0.15, 0.2) is 188 Å². The van der Waals surface area contributed by atoms with Crippen LogP contribution in [0.5, 0.6) is 11.5 Å². The zero-order valence-corrected chi connectivity index (χ0v) is 31.5. The summed E-state index contributed by atoms with van der Waals surface area (Å²) in [6.07, 6.45) is 0. The van der Waals surface area contributed by atoms with E-state index in [1.165, 1.54) is 64.7 Å². The van der Waals surface area contributed by atoms with Crippen molar-refractivity contribution >= 4 is 48.6 Å². The van der Waals surface area contributed by atoms with E-state index in [0.29, 0.717) is 0 Å². The summed E-state index contributed by atoms with van der Waals surface area (Å²) >= 11 is 1.85. The number of nitrogens with zero attached hydrogens (tertiary/aromatic N) is 1. The Hall–Kier alpha value is -6.42. The highest BCUT2D eigenvalue weighted by atomic mass is 32.1. The number of ether oxygens (including phenoxy) is 1. The number of benzene rings is 8. The smallest absolute Gasteiger partial charge is 0.133 e. The Kier molecular flexibility index (Phi) is 7.02. The predicted octanol–water partition coefficient (Wildman–Crippen LogP) is 14.3. The van der Waals surface area contributed by atoms with E-state index in [1.54, 1.807) is 0 Å². The summed E-state index contributed by atoms with van der Waals surface area (Å²) < 4.78 is 9.31. The van der Waals surface area contributed by atoms with E-state index in [2.05, 4.69) is 207 Å². The number of hydrogen-bond acceptors (Lipinski definition) is 3. The van der Waals surface area contributed by atoms with Crippen LogP contribution in [0.4, 0.5) is 17.1 Å². The van der Waals surface area contributed by atoms with Crippen molar-refractivity contribution in [1.82, 2.24) is 0 Å². The number of anilines is 3. The highest BCUT2D eigenvalue weighted by Crippen LogP contribution is 2.57. The Morgan fingerprint density at radius 2 is 1.00 bits per heavy atom. The molecule has 1 aliphatic heterocycles. The monoisotopic (exact) mass is 723 g/mol. The maximum absolute atomic E-state index is 6.72. The van der Waals surface area contributed by atoms with Crippen molar-refractivity contribution in [1.29, 1.82) is 0 Å². The fourth-order valence-electron chi connectivity index (χ4n) is 9.48. The minimum Gasteiger partial charge on any atom is -0.457 e. The normalized spacial score (nSPS) is 14.4. The standard InChI is InChI=1S/C52H37NOS/c1-51(2)45-24-11-12-25-47(45)54-48-33-38(27-29-46(48)51)53(37-28-30-50-42(32-37)41-21-8-13-26-49(41)55-50)36-18-14-17-35(31-36)52(34-15-4-3-5-16-34)43-22-9-6-19-39(43)40-20-7-10-23-44(40)52/h3-33H,1-2H3. The van der Waals surface area contributed by atoms with E-state index >= 15 is 0 Å². The van der Waals surface area contributed by atoms with E-state index in [9.17, 15) is 0 Å². The molecule has 55 heavy (non-hydrogen) atoms. The minimum atomic E-state index is -0.504. The first-order valence-corrected chi connectivity index (χ1v) is 19.8. The third-order valence-corrected chi connectivity index (χ3v) is 13.1. The van der Waals surface area contributed by atoms with Gasteiger partial charge in [0.05, 0.1) is 5.41 Å². The van der Waals surface area contributed by atoms with Crippen LogP contribution in [0, 0.1) is 0 Å². The van der Waals surface area contributed by atoms with Gasteiger partial charge < -0.3 is 9.64 Å². The van der Waals surface area contributed by atoms with Gasteiger partial charge in [0.1, 0.15) is 11.5 Å². The van der Waals surface area contributed by atoms with Crippen molar-refractivity contribution in [3.05, 3.63) is 221 Å². The molecule has 0 radical (unpaired) electrons. The fourth-order valence-corrected chi connectivity index (χ4v) is 10.6. The van der Waals surface area contributed by atoms with Gasteiger partial charge in [0.2, 0.25) is 0 Å². The minimum absolute atomic E-state index is 0.201. The molecule has 0 spiro atoms. The average Bonchev–Trinajstić information content (AvgIpc) is 3.75. The van der Waals surface area contributed by atoms with Crippen LogP contribution in [-0.4, -0.2) is 0 Å². The van der Waals surface area contributed by atoms with Crippen LogP contribution in [0.1, 0.15) is 47.2 Å². The molecule has 262 valence electrons. The molecule has 1 aromatic heterocycles. The molecule has 8 aromatic carbocycles. The van der Waals surface area contributed by atoms with E-state index in [-0.39, 0.29) is 5.41 Å². The van der Waals surface area contributed by atoms with Crippen molar-refractivity contribution in [3.8, 4) is 22.6 Å². The van der Waals surface area contributed by atoms with Crippen LogP contribution in [0.3, 0.4) is 0 Å². The van der Waals surface area contributed by atoms with Crippen LogP contribution < -0.4 is 9.64 Å². The molecule has 0 atom stereocenters. The van der Waals surface area contributed by atoms with E-state index in [4.69, 9.17) is 4.74 Å². The molecular formula is C52H37NOS. The number of hydrogen-bond donors (Lipinski definition) is 0. The highest BCUT2D eigenvalue weighted by molar-refractivity contribution is 7.25. The molecule has 3 heteroatoms. The number of fused-ring (bicyclic) bond motifs is 8. The predicted molar refractivity (Wildman–Crippen MR) is 230 cm³/mol. The fraction of sp³-hybridized carbons (Fsp3) is 0.0769. The van der Waals surface area contributed by atoms with Crippen molar-refractivity contribution in [2.45, 2.75) is 24.7 Å². The molecule has 0 unspecified atom stereocenters. The van der Waals surface area contributed by atoms with E-state index < -0.39 is 5.41 Å². The van der Waals surface area contributed by atoms with Gasteiger partial charge in [-0.3, -0.25) is 0 Å². The first kappa shape index (κ1) is 32.0. The third kappa shape index (κ3) is 4.66. The van der Waals surface area contributed by atoms with Crippen LogP contribution >= 0.6 is 11.3 Å². The second-order valence-corrected chi connectivity index (χ2v) is 16.4. The van der Waals surface area contributed by atoms with Crippen LogP contribution in [-0.2, 0) is 10.8 Å². The summed E-state index contributed by atoms with van der Waals surface area (Å²) in [6.45, 7) is 4.59. The van der Waals surface area contributed by atoms with Crippen molar-refractivity contribution in [2.24, 2.45) is 0 Å². The van der Waals surface area contributed by atoms with Crippen LogP contribution in [0.25, 0.3) is 31.3 Å². The number of thiophene rings is 1. The zero-order chi connectivity index (χ0) is 36.7. The molecule has 0 saturated carbocycles. The zero-order valence-electron chi connectivity index (χ0n) is 30.7. The quantitative estimate of drug-likeness (QED) is 0.175. The Labute approximate surface area is 325 Å². The Bertz CT molecular complexity index is 2910. The Morgan fingerprint density at radius 1 is 0.418 bits per heavy atom. The maximum Gasteiger partial charge on any atom is 0.133 e. The first-order chi connectivity index (χ1) is 27.0. The van der Waals surface area contributed by atoms with Gasteiger partial charge in [0, 0.05) is 59.8 Å². The molecular weight excluding hydrogens is 687 g/mol. The molecule has 9 aromatic rings. The van der Waals surface area contributed by atoms with Gasteiger partial charge in [-0.15, -0.1) is 11.3 Å². The summed E-state index contributed by atoms with van der Waals surface area (Å²) in [5.74, 6) is 1.81. The molecule has 2 nitrogen and oxygen atoms in total. The van der Waals surface area contributed by atoms with Gasteiger partial charge in [-0.2, -0.15) is 0 Å². The van der Waals surface area contributed by atoms with Gasteiger partial charge in [-0.05, 0) is 81.9 Å². The second kappa shape index (κ2) is 12.0. The van der Waals surface area contributed by atoms with E-state index in [0.717, 1.165) is 28.6 Å². The van der Waals surface area contributed by atoms with Gasteiger partial charge in [0.15, 0.2) is 0 Å². The Balaban J connectivity index is 1.16.